The molecular formula is C18H16O3. The minimum atomic E-state index is 0.00167. The SMILES string of the molecule is O=C(C=Cc1ccc(OC[C@@H]2CO2)cc1)c1ccccc1. The minimum Gasteiger partial charge on any atom is -0.491 e. The van der Waals surface area contributed by atoms with Gasteiger partial charge in [0.1, 0.15) is 18.5 Å². The van der Waals surface area contributed by atoms with Crippen LogP contribution >= 0.6 is 0 Å². The van der Waals surface area contributed by atoms with Crippen LogP contribution in [-0.4, -0.2) is 25.1 Å². The van der Waals surface area contributed by atoms with E-state index >= 15 is 0 Å². The quantitative estimate of drug-likeness (QED) is 0.462. The van der Waals surface area contributed by atoms with Gasteiger partial charge in [-0.3, -0.25) is 4.79 Å². The van der Waals surface area contributed by atoms with Crippen molar-refractivity contribution >= 4 is 11.9 Å². The second-order valence-electron chi connectivity index (χ2n) is 4.90. The van der Waals surface area contributed by atoms with Crippen LogP contribution in [0.4, 0.5) is 0 Å². The van der Waals surface area contributed by atoms with E-state index in [1.807, 2.05) is 60.7 Å². The maximum atomic E-state index is 11.9. The molecule has 2 aromatic rings. The summed E-state index contributed by atoms with van der Waals surface area (Å²) in [6.45, 7) is 1.39. The summed E-state index contributed by atoms with van der Waals surface area (Å²) in [5.41, 5.74) is 1.66. The summed E-state index contributed by atoms with van der Waals surface area (Å²) in [4.78, 5) is 11.9. The highest BCUT2D eigenvalue weighted by molar-refractivity contribution is 6.06. The largest absolute Gasteiger partial charge is 0.491 e. The lowest BCUT2D eigenvalue weighted by Crippen LogP contribution is -2.03. The van der Waals surface area contributed by atoms with Crippen LogP contribution in [0, 0.1) is 0 Å². The third kappa shape index (κ3) is 4.04. The first-order valence-corrected chi connectivity index (χ1v) is 6.93. The molecule has 1 aliphatic heterocycles. The molecule has 2 aromatic carbocycles. The number of hydrogen-bond acceptors (Lipinski definition) is 3. The first-order chi connectivity index (χ1) is 10.3. The highest BCUT2D eigenvalue weighted by atomic mass is 16.6. The van der Waals surface area contributed by atoms with E-state index in [0.717, 1.165) is 17.9 Å². The van der Waals surface area contributed by atoms with Crippen LogP contribution in [0.25, 0.3) is 6.08 Å². The number of epoxide rings is 1. The molecule has 1 fully saturated rings. The molecule has 0 amide bonds. The van der Waals surface area contributed by atoms with Gasteiger partial charge in [0.25, 0.3) is 0 Å². The van der Waals surface area contributed by atoms with E-state index < -0.39 is 0 Å². The van der Waals surface area contributed by atoms with Gasteiger partial charge in [0.15, 0.2) is 5.78 Å². The maximum absolute atomic E-state index is 11.9. The first kappa shape index (κ1) is 13.6. The van der Waals surface area contributed by atoms with Crippen LogP contribution in [0.5, 0.6) is 5.75 Å². The van der Waals surface area contributed by atoms with Gasteiger partial charge in [-0.15, -0.1) is 0 Å². The van der Waals surface area contributed by atoms with Gasteiger partial charge in [-0.25, -0.2) is 0 Å². The van der Waals surface area contributed by atoms with Crippen molar-refractivity contribution in [1.82, 2.24) is 0 Å². The number of carbonyl (C=O) groups excluding carboxylic acids is 1. The van der Waals surface area contributed by atoms with Gasteiger partial charge < -0.3 is 9.47 Å². The van der Waals surface area contributed by atoms with Crippen molar-refractivity contribution in [2.24, 2.45) is 0 Å². The van der Waals surface area contributed by atoms with Gasteiger partial charge in [-0.1, -0.05) is 48.5 Å². The zero-order valence-electron chi connectivity index (χ0n) is 11.6. The zero-order chi connectivity index (χ0) is 14.5. The van der Waals surface area contributed by atoms with Crippen LogP contribution in [0.2, 0.25) is 0 Å². The molecule has 0 spiro atoms. The van der Waals surface area contributed by atoms with Gasteiger partial charge in [-0.2, -0.15) is 0 Å². The number of ketones is 1. The van der Waals surface area contributed by atoms with Crippen LogP contribution in [0.15, 0.2) is 60.7 Å². The van der Waals surface area contributed by atoms with Crippen molar-refractivity contribution in [3.63, 3.8) is 0 Å². The summed E-state index contributed by atoms with van der Waals surface area (Å²) in [6, 6.07) is 16.9. The Balaban J connectivity index is 1.59. The Kier molecular flexibility index (Phi) is 4.12. The van der Waals surface area contributed by atoms with E-state index in [-0.39, 0.29) is 11.9 Å². The monoisotopic (exact) mass is 280 g/mol. The van der Waals surface area contributed by atoms with Gasteiger partial charge in [-0.05, 0) is 23.8 Å². The Morgan fingerprint density at radius 2 is 1.86 bits per heavy atom. The topological polar surface area (TPSA) is 38.8 Å². The summed E-state index contributed by atoms with van der Waals surface area (Å²) in [7, 11) is 0. The predicted molar refractivity (Wildman–Crippen MR) is 81.5 cm³/mol. The third-order valence-corrected chi connectivity index (χ3v) is 3.20. The number of hydrogen-bond donors (Lipinski definition) is 0. The smallest absolute Gasteiger partial charge is 0.185 e. The van der Waals surface area contributed by atoms with Gasteiger partial charge in [0, 0.05) is 5.56 Å². The lowest BCUT2D eigenvalue weighted by molar-refractivity contribution is 0.104. The Morgan fingerprint density at radius 3 is 2.52 bits per heavy atom. The third-order valence-electron chi connectivity index (χ3n) is 3.20. The van der Waals surface area contributed by atoms with Gasteiger partial charge >= 0.3 is 0 Å². The van der Waals surface area contributed by atoms with E-state index in [9.17, 15) is 4.79 Å². The highest BCUT2D eigenvalue weighted by Crippen LogP contribution is 2.16. The number of ether oxygens (including phenoxy) is 2. The molecule has 0 aromatic heterocycles. The number of allylic oxidation sites excluding steroid dienone is 1. The molecule has 0 saturated carbocycles. The summed E-state index contributed by atoms with van der Waals surface area (Å²) in [5, 5.41) is 0. The number of benzene rings is 2. The van der Waals surface area contributed by atoms with Crippen molar-refractivity contribution < 1.29 is 14.3 Å². The second kappa shape index (κ2) is 6.37. The number of carbonyl (C=O) groups is 1. The maximum Gasteiger partial charge on any atom is 0.185 e. The normalized spacial score (nSPS) is 16.9. The molecule has 106 valence electrons. The standard InChI is InChI=1S/C18H16O3/c19-18(15-4-2-1-3-5-15)11-8-14-6-9-16(10-7-14)20-12-17-13-21-17/h1-11,17H,12-13H2/t17-/m1/s1. The molecule has 3 rings (SSSR count). The molecule has 21 heavy (non-hydrogen) atoms. The average molecular weight is 280 g/mol. The molecule has 3 nitrogen and oxygen atoms in total. The Morgan fingerprint density at radius 1 is 1.14 bits per heavy atom. The number of rotatable bonds is 6. The van der Waals surface area contributed by atoms with Gasteiger partial charge in [0.2, 0.25) is 0 Å². The summed E-state index contributed by atoms with van der Waals surface area (Å²) < 4.78 is 10.7. The molecule has 1 aliphatic rings. The van der Waals surface area contributed by atoms with Crippen molar-refractivity contribution in [1.29, 1.82) is 0 Å². The second-order valence-corrected chi connectivity index (χ2v) is 4.90. The van der Waals surface area contributed by atoms with Crippen LogP contribution < -0.4 is 4.74 Å². The molecule has 1 heterocycles. The van der Waals surface area contributed by atoms with Crippen molar-refractivity contribution in [2.75, 3.05) is 13.2 Å². The Hall–Kier alpha value is -2.39. The van der Waals surface area contributed by atoms with Crippen LogP contribution in [0.3, 0.4) is 0 Å². The minimum absolute atomic E-state index is 0.00167. The summed E-state index contributed by atoms with van der Waals surface area (Å²) >= 11 is 0. The van der Waals surface area contributed by atoms with E-state index in [2.05, 4.69) is 0 Å². The lowest BCUT2D eigenvalue weighted by Gasteiger charge is -2.03. The molecular weight excluding hydrogens is 264 g/mol. The Labute approximate surface area is 123 Å². The van der Waals surface area contributed by atoms with Crippen molar-refractivity contribution in [2.45, 2.75) is 6.10 Å². The molecule has 0 aliphatic carbocycles. The molecule has 3 heteroatoms. The van der Waals surface area contributed by atoms with E-state index in [0.29, 0.717) is 12.2 Å². The summed E-state index contributed by atoms with van der Waals surface area (Å²) in [6.07, 6.45) is 3.65. The molecule has 0 bridgehead atoms. The molecule has 0 unspecified atom stereocenters. The van der Waals surface area contributed by atoms with E-state index in [4.69, 9.17) is 9.47 Å². The predicted octanol–water partition coefficient (Wildman–Crippen LogP) is 3.36. The molecule has 1 atom stereocenters. The molecule has 0 N–H and O–H groups in total. The molecule has 0 radical (unpaired) electrons. The van der Waals surface area contributed by atoms with Crippen LogP contribution in [0.1, 0.15) is 15.9 Å². The lowest BCUT2D eigenvalue weighted by atomic mass is 10.1. The van der Waals surface area contributed by atoms with E-state index in [1.54, 1.807) is 6.08 Å². The Bertz CT molecular complexity index is 625. The fourth-order valence-electron chi connectivity index (χ4n) is 1.90. The average Bonchev–Trinajstić information content (AvgIpc) is 3.37. The first-order valence-electron chi connectivity index (χ1n) is 6.93. The van der Waals surface area contributed by atoms with Crippen molar-refractivity contribution in [3.05, 3.63) is 71.8 Å². The zero-order valence-corrected chi connectivity index (χ0v) is 11.6. The fraction of sp³-hybridized carbons (Fsp3) is 0.167. The summed E-state index contributed by atoms with van der Waals surface area (Å²) in [5.74, 6) is 0.818. The molecule has 1 saturated heterocycles. The van der Waals surface area contributed by atoms with Gasteiger partial charge in [0.05, 0.1) is 6.61 Å². The fourth-order valence-corrected chi connectivity index (χ4v) is 1.90. The van der Waals surface area contributed by atoms with E-state index in [1.165, 1.54) is 0 Å². The highest BCUT2D eigenvalue weighted by Gasteiger charge is 2.22. The van der Waals surface area contributed by atoms with Crippen molar-refractivity contribution in [3.8, 4) is 5.75 Å². The van der Waals surface area contributed by atoms with Crippen LogP contribution in [-0.2, 0) is 4.74 Å².